The Morgan fingerprint density at radius 3 is 2.26 bits per heavy atom. The molecule has 2 rings (SSSR count). The minimum Gasteiger partial charge on any atom is -0.377 e. The van der Waals surface area contributed by atoms with Crippen molar-refractivity contribution in [3.05, 3.63) is 0 Å². The molecule has 2 aliphatic rings. The zero-order chi connectivity index (χ0) is 14.3. The SMILES string of the molecule is CC(C)(C)C1CCC2(CCOC2CS(N)(=O)=O)CC1. The number of ether oxygens (including phenoxy) is 1. The van der Waals surface area contributed by atoms with Crippen molar-refractivity contribution < 1.29 is 13.2 Å². The van der Waals surface area contributed by atoms with Crippen LogP contribution >= 0.6 is 0 Å². The molecule has 1 saturated carbocycles. The zero-order valence-electron chi connectivity index (χ0n) is 12.3. The minimum absolute atomic E-state index is 0.0207. The molecule has 5 heteroatoms. The van der Waals surface area contributed by atoms with Crippen molar-refractivity contribution in [3.63, 3.8) is 0 Å². The average molecular weight is 289 g/mol. The highest BCUT2D eigenvalue weighted by Gasteiger charge is 2.48. The summed E-state index contributed by atoms with van der Waals surface area (Å²) in [5.41, 5.74) is 0.407. The van der Waals surface area contributed by atoms with Crippen LogP contribution in [0.1, 0.15) is 52.9 Å². The van der Waals surface area contributed by atoms with Crippen LogP contribution < -0.4 is 5.14 Å². The van der Waals surface area contributed by atoms with Crippen LogP contribution in [0.2, 0.25) is 0 Å². The maximum atomic E-state index is 11.3. The first-order valence-corrected chi connectivity index (χ1v) is 8.96. The third-order valence-corrected chi connectivity index (χ3v) is 5.96. The summed E-state index contributed by atoms with van der Waals surface area (Å²) in [6.45, 7) is 7.56. The van der Waals surface area contributed by atoms with Gasteiger partial charge in [-0.1, -0.05) is 20.8 Å². The largest absolute Gasteiger partial charge is 0.377 e. The number of nitrogens with two attached hydrogens (primary N) is 1. The molecule has 0 aromatic carbocycles. The van der Waals surface area contributed by atoms with Gasteiger partial charge in [-0.25, -0.2) is 13.6 Å². The van der Waals surface area contributed by atoms with Gasteiger partial charge in [-0.2, -0.15) is 0 Å². The van der Waals surface area contributed by atoms with E-state index in [1.165, 1.54) is 12.8 Å². The van der Waals surface area contributed by atoms with Crippen molar-refractivity contribution in [1.82, 2.24) is 0 Å². The topological polar surface area (TPSA) is 69.4 Å². The Morgan fingerprint density at radius 2 is 1.79 bits per heavy atom. The fraction of sp³-hybridized carbons (Fsp3) is 1.00. The first-order valence-electron chi connectivity index (χ1n) is 7.24. The number of sulfonamides is 1. The van der Waals surface area contributed by atoms with Gasteiger partial charge in [-0.3, -0.25) is 0 Å². The van der Waals surface area contributed by atoms with Crippen LogP contribution in [0.15, 0.2) is 0 Å². The summed E-state index contributed by atoms with van der Waals surface area (Å²) in [6, 6.07) is 0. The molecule has 112 valence electrons. The summed E-state index contributed by atoms with van der Waals surface area (Å²) in [5.74, 6) is 0.710. The summed E-state index contributed by atoms with van der Waals surface area (Å²) in [4.78, 5) is 0. The minimum atomic E-state index is -3.45. The Hall–Kier alpha value is -0.130. The molecular weight excluding hydrogens is 262 g/mol. The van der Waals surface area contributed by atoms with E-state index in [-0.39, 0.29) is 17.3 Å². The Bertz CT molecular complexity index is 416. The van der Waals surface area contributed by atoms with E-state index in [2.05, 4.69) is 20.8 Å². The lowest BCUT2D eigenvalue weighted by atomic mass is 9.62. The van der Waals surface area contributed by atoms with E-state index >= 15 is 0 Å². The van der Waals surface area contributed by atoms with Gasteiger partial charge in [0.2, 0.25) is 10.0 Å². The lowest BCUT2D eigenvalue weighted by molar-refractivity contribution is 0.0179. The fourth-order valence-corrected chi connectivity index (χ4v) is 4.68. The highest BCUT2D eigenvalue weighted by atomic mass is 32.2. The average Bonchev–Trinajstić information content (AvgIpc) is 2.58. The second-order valence-corrected chi connectivity index (χ2v) is 9.10. The van der Waals surface area contributed by atoms with Gasteiger partial charge in [0.1, 0.15) is 0 Å². The van der Waals surface area contributed by atoms with Crippen LogP contribution in [0.25, 0.3) is 0 Å². The molecular formula is C14H27NO3S. The third kappa shape index (κ3) is 3.50. The van der Waals surface area contributed by atoms with Crippen molar-refractivity contribution in [3.8, 4) is 0 Å². The monoisotopic (exact) mass is 289 g/mol. The molecule has 1 saturated heterocycles. The molecule has 0 radical (unpaired) electrons. The van der Waals surface area contributed by atoms with Crippen LogP contribution in [0, 0.1) is 16.7 Å². The first kappa shape index (κ1) is 15.3. The summed E-state index contributed by atoms with van der Waals surface area (Å²) in [5, 5.41) is 5.19. The van der Waals surface area contributed by atoms with Gasteiger partial charge in [-0.05, 0) is 48.9 Å². The van der Waals surface area contributed by atoms with Crippen LogP contribution in [0.3, 0.4) is 0 Å². The molecule has 2 N–H and O–H groups in total. The maximum Gasteiger partial charge on any atom is 0.211 e. The van der Waals surface area contributed by atoms with Crippen LogP contribution in [-0.2, 0) is 14.8 Å². The molecule has 1 aliphatic carbocycles. The molecule has 0 bridgehead atoms. The highest BCUT2D eigenvalue weighted by Crippen LogP contribution is 2.51. The van der Waals surface area contributed by atoms with Crippen molar-refractivity contribution in [1.29, 1.82) is 0 Å². The number of hydrogen-bond donors (Lipinski definition) is 1. The lowest BCUT2D eigenvalue weighted by Crippen LogP contribution is -2.42. The molecule has 0 aromatic heterocycles. The van der Waals surface area contributed by atoms with Gasteiger partial charge >= 0.3 is 0 Å². The van der Waals surface area contributed by atoms with E-state index in [9.17, 15) is 8.42 Å². The Balaban J connectivity index is 2.04. The van der Waals surface area contributed by atoms with Gasteiger partial charge < -0.3 is 4.74 Å². The molecule has 1 unspecified atom stereocenters. The van der Waals surface area contributed by atoms with E-state index < -0.39 is 10.0 Å². The van der Waals surface area contributed by atoms with Gasteiger partial charge in [0.25, 0.3) is 0 Å². The Morgan fingerprint density at radius 1 is 1.21 bits per heavy atom. The zero-order valence-corrected chi connectivity index (χ0v) is 13.1. The van der Waals surface area contributed by atoms with Crippen molar-refractivity contribution in [2.24, 2.45) is 21.9 Å². The molecule has 19 heavy (non-hydrogen) atoms. The van der Waals surface area contributed by atoms with Gasteiger partial charge in [0.15, 0.2) is 0 Å². The van der Waals surface area contributed by atoms with Crippen LogP contribution in [0.4, 0.5) is 0 Å². The van der Waals surface area contributed by atoms with Crippen molar-refractivity contribution >= 4 is 10.0 Å². The predicted octanol–water partition coefficient (Wildman–Crippen LogP) is 2.29. The summed E-state index contributed by atoms with van der Waals surface area (Å²) < 4.78 is 28.4. The van der Waals surface area contributed by atoms with Crippen molar-refractivity contribution in [2.45, 2.75) is 59.0 Å². The normalized spacial score (nSPS) is 36.8. The van der Waals surface area contributed by atoms with Gasteiger partial charge in [0.05, 0.1) is 11.9 Å². The Labute approximate surface area is 117 Å². The third-order valence-electron chi connectivity index (χ3n) is 5.19. The van der Waals surface area contributed by atoms with Crippen molar-refractivity contribution in [2.75, 3.05) is 12.4 Å². The highest BCUT2D eigenvalue weighted by molar-refractivity contribution is 7.89. The smallest absolute Gasteiger partial charge is 0.211 e. The standard InChI is InChI=1S/C14H27NO3S/c1-13(2,3)11-4-6-14(7-5-11)8-9-18-12(14)10-19(15,16)17/h11-12H,4-10H2,1-3H3,(H2,15,16,17). The lowest BCUT2D eigenvalue weighted by Gasteiger charge is -2.44. The first-order chi connectivity index (χ1) is 8.62. The molecule has 0 aromatic rings. The molecule has 1 heterocycles. The number of primary sulfonamides is 1. The van der Waals surface area contributed by atoms with E-state index in [1.807, 2.05) is 0 Å². The van der Waals surface area contributed by atoms with E-state index in [4.69, 9.17) is 9.88 Å². The van der Waals surface area contributed by atoms with E-state index in [0.717, 1.165) is 25.2 Å². The second kappa shape index (κ2) is 5.01. The molecule has 4 nitrogen and oxygen atoms in total. The molecule has 1 aliphatic heterocycles. The van der Waals surface area contributed by atoms with E-state index in [0.29, 0.717) is 12.0 Å². The molecule has 1 atom stereocenters. The summed E-state index contributed by atoms with van der Waals surface area (Å²) >= 11 is 0. The van der Waals surface area contributed by atoms with E-state index in [1.54, 1.807) is 0 Å². The number of hydrogen-bond acceptors (Lipinski definition) is 3. The van der Waals surface area contributed by atoms with Gasteiger partial charge in [-0.15, -0.1) is 0 Å². The quantitative estimate of drug-likeness (QED) is 0.848. The second-order valence-electron chi connectivity index (χ2n) is 7.44. The van der Waals surface area contributed by atoms with Crippen LogP contribution in [-0.4, -0.2) is 26.9 Å². The van der Waals surface area contributed by atoms with Gasteiger partial charge in [0, 0.05) is 6.61 Å². The molecule has 0 amide bonds. The molecule has 1 spiro atoms. The fourth-order valence-electron chi connectivity index (χ4n) is 3.81. The van der Waals surface area contributed by atoms with Crippen LogP contribution in [0.5, 0.6) is 0 Å². The number of rotatable bonds is 2. The molecule has 2 fully saturated rings. The summed E-state index contributed by atoms with van der Waals surface area (Å²) in [6.07, 6.45) is 5.31. The Kier molecular flexibility index (Phi) is 4.02. The summed E-state index contributed by atoms with van der Waals surface area (Å²) in [7, 11) is -3.45. The maximum absolute atomic E-state index is 11.3. The predicted molar refractivity (Wildman–Crippen MR) is 76.2 cm³/mol.